The van der Waals surface area contributed by atoms with Crippen molar-refractivity contribution in [2.75, 3.05) is 6.54 Å². The maximum absolute atomic E-state index is 12.3. The molecule has 4 rings (SSSR count). The monoisotopic (exact) mass is 395 g/mol. The fraction of sp³-hybridized carbons (Fsp3) is 0.150. The van der Waals surface area contributed by atoms with Crippen LogP contribution in [-0.2, 0) is 17.8 Å². The summed E-state index contributed by atoms with van der Waals surface area (Å²) in [6.07, 6.45) is 4.79. The topological polar surface area (TPSA) is 49.8 Å². The van der Waals surface area contributed by atoms with Crippen molar-refractivity contribution >= 4 is 43.6 Å². The minimum Gasteiger partial charge on any atom is -0.361 e. The van der Waals surface area contributed by atoms with Gasteiger partial charge in [0, 0.05) is 45.2 Å². The second-order valence-electron chi connectivity index (χ2n) is 6.11. The number of carbonyl (C=O) groups is 1. The smallest absolute Gasteiger partial charge is 0.239 e. The molecule has 0 unspecified atom stereocenters. The summed E-state index contributed by atoms with van der Waals surface area (Å²) in [5, 5.41) is 5.36. The Morgan fingerprint density at radius 1 is 1.16 bits per heavy atom. The number of aromatic nitrogens is 2. The molecule has 0 aliphatic carbocycles. The average Bonchev–Trinajstić information content (AvgIpc) is 3.19. The number of carbonyl (C=O) groups excluding carboxylic acids is 1. The third-order valence-electron chi connectivity index (χ3n) is 4.44. The zero-order valence-corrected chi connectivity index (χ0v) is 15.2. The number of aromatic amines is 1. The molecule has 2 N–H and O–H groups in total. The van der Waals surface area contributed by atoms with Gasteiger partial charge in [0.2, 0.25) is 5.91 Å². The molecule has 0 bridgehead atoms. The maximum Gasteiger partial charge on any atom is 0.239 e. The van der Waals surface area contributed by atoms with Gasteiger partial charge in [-0.3, -0.25) is 4.79 Å². The Hall–Kier alpha value is -2.53. The number of rotatable bonds is 5. The number of hydrogen-bond donors (Lipinski definition) is 2. The van der Waals surface area contributed by atoms with Crippen LogP contribution in [0.2, 0.25) is 0 Å². The van der Waals surface area contributed by atoms with Gasteiger partial charge in [-0.1, -0.05) is 34.1 Å². The number of amides is 1. The predicted molar refractivity (Wildman–Crippen MR) is 105 cm³/mol. The minimum absolute atomic E-state index is 0.0280. The summed E-state index contributed by atoms with van der Waals surface area (Å²) in [7, 11) is 0. The highest BCUT2D eigenvalue weighted by atomic mass is 79.9. The Morgan fingerprint density at radius 3 is 2.96 bits per heavy atom. The van der Waals surface area contributed by atoms with E-state index in [2.05, 4.69) is 44.4 Å². The highest BCUT2D eigenvalue weighted by Gasteiger charge is 2.07. The van der Waals surface area contributed by atoms with E-state index in [0.29, 0.717) is 13.1 Å². The van der Waals surface area contributed by atoms with Crippen LogP contribution < -0.4 is 5.32 Å². The summed E-state index contributed by atoms with van der Waals surface area (Å²) in [4.78, 5) is 15.5. The highest BCUT2D eigenvalue weighted by Crippen LogP contribution is 2.21. The van der Waals surface area contributed by atoms with Crippen LogP contribution in [0.3, 0.4) is 0 Å². The first kappa shape index (κ1) is 16.0. The number of H-pyrrole nitrogens is 1. The lowest BCUT2D eigenvalue weighted by Gasteiger charge is -2.07. The van der Waals surface area contributed by atoms with E-state index >= 15 is 0 Å². The second kappa shape index (κ2) is 6.76. The second-order valence-corrected chi connectivity index (χ2v) is 7.02. The summed E-state index contributed by atoms with van der Waals surface area (Å²) in [6.45, 7) is 0.963. The lowest BCUT2D eigenvalue weighted by Crippen LogP contribution is -2.29. The summed E-state index contributed by atoms with van der Waals surface area (Å²) in [5.41, 5.74) is 3.43. The van der Waals surface area contributed by atoms with Gasteiger partial charge >= 0.3 is 0 Å². The first-order valence-corrected chi connectivity index (χ1v) is 9.06. The van der Waals surface area contributed by atoms with Gasteiger partial charge in [-0.15, -0.1) is 0 Å². The molecule has 0 aliphatic rings. The van der Waals surface area contributed by atoms with Gasteiger partial charge in [0.1, 0.15) is 6.54 Å². The Balaban J connectivity index is 1.37. The zero-order valence-electron chi connectivity index (χ0n) is 13.6. The molecule has 2 heterocycles. The number of nitrogens with one attached hydrogen (secondary N) is 2. The van der Waals surface area contributed by atoms with E-state index < -0.39 is 0 Å². The molecule has 2 aromatic heterocycles. The molecule has 1 amide bonds. The molecule has 4 aromatic rings. The Bertz CT molecular complexity index is 1050. The van der Waals surface area contributed by atoms with E-state index in [1.807, 2.05) is 47.3 Å². The van der Waals surface area contributed by atoms with Crippen LogP contribution in [0.1, 0.15) is 5.56 Å². The molecule has 0 saturated heterocycles. The molecule has 0 saturated carbocycles. The van der Waals surface area contributed by atoms with Crippen LogP contribution in [0.4, 0.5) is 0 Å². The number of halogens is 1. The van der Waals surface area contributed by atoms with Gasteiger partial charge in [-0.05, 0) is 42.3 Å². The fourth-order valence-corrected chi connectivity index (χ4v) is 3.57. The molecule has 0 aliphatic heterocycles. The SMILES string of the molecule is O=C(Cn1ccc2cc(Br)ccc21)NCCc1c[nH]c2ccccc12. The van der Waals surface area contributed by atoms with Crippen LogP contribution in [-0.4, -0.2) is 22.0 Å². The Morgan fingerprint density at radius 2 is 2.04 bits per heavy atom. The lowest BCUT2D eigenvalue weighted by molar-refractivity contribution is -0.121. The third kappa shape index (κ3) is 3.33. The van der Waals surface area contributed by atoms with E-state index in [1.165, 1.54) is 10.9 Å². The molecule has 0 radical (unpaired) electrons. The largest absolute Gasteiger partial charge is 0.361 e. The van der Waals surface area contributed by atoms with Crippen molar-refractivity contribution in [3.63, 3.8) is 0 Å². The number of para-hydroxylation sites is 1. The van der Waals surface area contributed by atoms with E-state index in [-0.39, 0.29) is 5.91 Å². The van der Waals surface area contributed by atoms with Gasteiger partial charge in [0.05, 0.1) is 0 Å². The van der Waals surface area contributed by atoms with Crippen LogP contribution >= 0.6 is 15.9 Å². The average molecular weight is 396 g/mol. The molecular weight excluding hydrogens is 378 g/mol. The van der Waals surface area contributed by atoms with E-state index in [4.69, 9.17) is 0 Å². The van der Waals surface area contributed by atoms with Crippen molar-refractivity contribution in [3.05, 3.63) is 71.0 Å². The van der Waals surface area contributed by atoms with Crippen molar-refractivity contribution in [3.8, 4) is 0 Å². The van der Waals surface area contributed by atoms with Crippen molar-refractivity contribution < 1.29 is 4.79 Å². The lowest BCUT2D eigenvalue weighted by atomic mass is 10.1. The molecule has 126 valence electrons. The quantitative estimate of drug-likeness (QED) is 0.521. The molecule has 0 fully saturated rings. The normalized spacial score (nSPS) is 11.2. The number of nitrogens with zero attached hydrogens (tertiary/aromatic N) is 1. The van der Waals surface area contributed by atoms with Crippen LogP contribution in [0, 0.1) is 0 Å². The van der Waals surface area contributed by atoms with E-state index in [0.717, 1.165) is 27.3 Å². The first-order valence-electron chi connectivity index (χ1n) is 8.27. The molecule has 5 heteroatoms. The first-order chi connectivity index (χ1) is 12.2. The van der Waals surface area contributed by atoms with Crippen molar-refractivity contribution in [2.24, 2.45) is 0 Å². The molecule has 4 nitrogen and oxygen atoms in total. The standard InChI is InChI=1S/C20H18BrN3O/c21-16-5-6-19-14(11-16)8-10-24(19)13-20(25)22-9-7-15-12-23-18-4-2-1-3-17(15)18/h1-6,8,10-12,23H,7,9,13H2,(H,22,25). The molecular formula is C20H18BrN3O. The van der Waals surface area contributed by atoms with Gasteiger partial charge in [-0.2, -0.15) is 0 Å². The Kier molecular flexibility index (Phi) is 4.32. The minimum atomic E-state index is 0.0280. The molecule has 2 aromatic carbocycles. The van der Waals surface area contributed by atoms with Crippen molar-refractivity contribution in [1.82, 2.24) is 14.9 Å². The van der Waals surface area contributed by atoms with Crippen molar-refractivity contribution in [2.45, 2.75) is 13.0 Å². The molecule has 25 heavy (non-hydrogen) atoms. The fourth-order valence-electron chi connectivity index (χ4n) is 3.19. The summed E-state index contributed by atoms with van der Waals surface area (Å²) in [5.74, 6) is 0.0280. The van der Waals surface area contributed by atoms with E-state index in [1.54, 1.807) is 0 Å². The number of benzene rings is 2. The summed E-state index contributed by atoms with van der Waals surface area (Å²) >= 11 is 3.47. The zero-order chi connectivity index (χ0) is 17.2. The number of fused-ring (bicyclic) bond motifs is 2. The Labute approximate surface area is 154 Å². The van der Waals surface area contributed by atoms with Crippen LogP contribution in [0.5, 0.6) is 0 Å². The maximum atomic E-state index is 12.3. The summed E-state index contributed by atoms with van der Waals surface area (Å²) < 4.78 is 3.02. The van der Waals surface area contributed by atoms with Crippen LogP contribution in [0.25, 0.3) is 21.8 Å². The third-order valence-corrected chi connectivity index (χ3v) is 4.93. The van der Waals surface area contributed by atoms with Gasteiger partial charge in [0.15, 0.2) is 0 Å². The van der Waals surface area contributed by atoms with Gasteiger partial charge in [0.25, 0.3) is 0 Å². The van der Waals surface area contributed by atoms with Crippen LogP contribution in [0.15, 0.2) is 65.4 Å². The predicted octanol–water partition coefficient (Wildman–Crippen LogP) is 4.24. The number of hydrogen-bond acceptors (Lipinski definition) is 1. The van der Waals surface area contributed by atoms with Gasteiger partial charge in [-0.25, -0.2) is 0 Å². The highest BCUT2D eigenvalue weighted by molar-refractivity contribution is 9.10. The van der Waals surface area contributed by atoms with Gasteiger partial charge < -0.3 is 14.9 Å². The molecule has 0 spiro atoms. The molecule has 0 atom stereocenters. The van der Waals surface area contributed by atoms with Crippen molar-refractivity contribution in [1.29, 1.82) is 0 Å². The van der Waals surface area contributed by atoms with E-state index in [9.17, 15) is 4.79 Å². The summed E-state index contributed by atoms with van der Waals surface area (Å²) in [6, 6.07) is 16.3.